The van der Waals surface area contributed by atoms with Gasteiger partial charge in [-0.15, -0.1) is 0 Å². The molecule has 0 radical (unpaired) electrons. The highest BCUT2D eigenvalue weighted by molar-refractivity contribution is 5.99. The zero-order valence-electron chi connectivity index (χ0n) is 13.7. The van der Waals surface area contributed by atoms with Crippen molar-refractivity contribution in [1.82, 2.24) is 4.90 Å². The van der Waals surface area contributed by atoms with Gasteiger partial charge in [-0.25, -0.2) is 9.69 Å². The molecule has 2 aromatic carbocycles. The van der Waals surface area contributed by atoms with E-state index in [0.717, 1.165) is 10.5 Å². The third-order valence-corrected chi connectivity index (χ3v) is 3.88. The van der Waals surface area contributed by atoms with Crippen molar-refractivity contribution in [3.63, 3.8) is 0 Å². The van der Waals surface area contributed by atoms with Gasteiger partial charge in [0.2, 0.25) is 5.91 Å². The number of β-lactam (4-membered cyclic amide) rings is 1. The molecule has 1 saturated heterocycles. The Hall–Kier alpha value is -2.88. The predicted octanol–water partition coefficient (Wildman–Crippen LogP) is 4.12. The molecule has 0 bridgehead atoms. The molecule has 1 aliphatic rings. The Morgan fingerprint density at radius 1 is 1.12 bits per heavy atom. The summed E-state index contributed by atoms with van der Waals surface area (Å²) >= 11 is 0. The quantitative estimate of drug-likeness (QED) is 0.799. The molecular formula is C20H19NO3. The molecule has 0 saturated carbocycles. The SMILES string of the molecule is Cc1cc(C)cc(/C=C/[C@@H]2CC(=O)N2C(=O)Oc2ccccc2)c1. The summed E-state index contributed by atoms with van der Waals surface area (Å²) in [4.78, 5) is 25.1. The van der Waals surface area contributed by atoms with Gasteiger partial charge in [0, 0.05) is 0 Å². The van der Waals surface area contributed by atoms with Crippen molar-refractivity contribution in [2.24, 2.45) is 0 Å². The first-order valence-electron chi connectivity index (χ1n) is 7.88. The van der Waals surface area contributed by atoms with Crippen molar-refractivity contribution in [1.29, 1.82) is 0 Å². The van der Waals surface area contributed by atoms with Crippen LogP contribution in [0.5, 0.6) is 5.75 Å². The van der Waals surface area contributed by atoms with Crippen LogP contribution >= 0.6 is 0 Å². The predicted molar refractivity (Wildman–Crippen MR) is 92.7 cm³/mol. The average molecular weight is 321 g/mol. The average Bonchev–Trinajstić information content (AvgIpc) is 2.51. The van der Waals surface area contributed by atoms with Gasteiger partial charge in [-0.2, -0.15) is 0 Å². The Kier molecular flexibility index (Phi) is 4.47. The summed E-state index contributed by atoms with van der Waals surface area (Å²) in [6, 6.07) is 14.7. The number of amides is 2. The molecule has 1 aliphatic heterocycles. The number of rotatable bonds is 3. The van der Waals surface area contributed by atoms with E-state index >= 15 is 0 Å². The van der Waals surface area contributed by atoms with Crippen molar-refractivity contribution in [2.75, 3.05) is 0 Å². The van der Waals surface area contributed by atoms with Crippen molar-refractivity contribution >= 4 is 18.1 Å². The fourth-order valence-electron chi connectivity index (χ4n) is 2.80. The minimum Gasteiger partial charge on any atom is -0.410 e. The maximum absolute atomic E-state index is 12.2. The van der Waals surface area contributed by atoms with Crippen LogP contribution in [0.15, 0.2) is 54.6 Å². The number of carbonyl (C=O) groups is 2. The number of para-hydroxylation sites is 1. The van der Waals surface area contributed by atoms with Crippen molar-refractivity contribution in [2.45, 2.75) is 26.3 Å². The van der Waals surface area contributed by atoms with Gasteiger partial charge in [-0.3, -0.25) is 4.79 Å². The fraction of sp³-hybridized carbons (Fsp3) is 0.200. The Labute approximate surface area is 141 Å². The van der Waals surface area contributed by atoms with E-state index in [0.29, 0.717) is 12.2 Å². The van der Waals surface area contributed by atoms with E-state index in [4.69, 9.17) is 4.74 Å². The van der Waals surface area contributed by atoms with E-state index in [2.05, 4.69) is 18.2 Å². The molecule has 2 aromatic rings. The zero-order valence-corrected chi connectivity index (χ0v) is 13.7. The van der Waals surface area contributed by atoms with Crippen LogP contribution in [-0.4, -0.2) is 22.9 Å². The molecule has 0 aromatic heterocycles. The van der Waals surface area contributed by atoms with E-state index < -0.39 is 6.09 Å². The highest BCUT2D eigenvalue weighted by Gasteiger charge is 2.40. The molecule has 4 nitrogen and oxygen atoms in total. The lowest BCUT2D eigenvalue weighted by Gasteiger charge is -2.35. The van der Waals surface area contributed by atoms with Crippen LogP contribution in [0.4, 0.5) is 4.79 Å². The fourth-order valence-corrected chi connectivity index (χ4v) is 2.80. The van der Waals surface area contributed by atoms with E-state index in [9.17, 15) is 9.59 Å². The summed E-state index contributed by atoms with van der Waals surface area (Å²) in [6.45, 7) is 4.08. The van der Waals surface area contributed by atoms with Gasteiger partial charge in [0.25, 0.3) is 0 Å². The minimum atomic E-state index is -0.632. The molecule has 0 spiro atoms. The van der Waals surface area contributed by atoms with E-state index in [1.165, 1.54) is 11.1 Å². The van der Waals surface area contributed by atoms with Crippen molar-refractivity contribution in [3.8, 4) is 5.75 Å². The van der Waals surface area contributed by atoms with Crippen molar-refractivity contribution < 1.29 is 14.3 Å². The molecule has 24 heavy (non-hydrogen) atoms. The number of hydrogen-bond acceptors (Lipinski definition) is 3. The smallest absolute Gasteiger partial charge is 0.410 e. The van der Waals surface area contributed by atoms with Gasteiger partial charge >= 0.3 is 6.09 Å². The first-order valence-corrected chi connectivity index (χ1v) is 7.88. The highest BCUT2D eigenvalue weighted by atomic mass is 16.6. The van der Waals surface area contributed by atoms with Crippen LogP contribution in [-0.2, 0) is 4.79 Å². The first kappa shape index (κ1) is 16.0. The summed E-state index contributed by atoms with van der Waals surface area (Å²) in [6.07, 6.45) is 3.51. The van der Waals surface area contributed by atoms with Crippen LogP contribution in [0.3, 0.4) is 0 Å². The van der Waals surface area contributed by atoms with Gasteiger partial charge in [-0.05, 0) is 31.5 Å². The Morgan fingerprint density at radius 3 is 2.42 bits per heavy atom. The van der Waals surface area contributed by atoms with Gasteiger partial charge in [-0.1, -0.05) is 59.7 Å². The van der Waals surface area contributed by atoms with Gasteiger partial charge < -0.3 is 4.74 Å². The van der Waals surface area contributed by atoms with Gasteiger partial charge in [0.1, 0.15) is 5.75 Å². The van der Waals surface area contributed by atoms with E-state index in [1.54, 1.807) is 24.3 Å². The van der Waals surface area contributed by atoms with Crippen LogP contribution in [0.2, 0.25) is 0 Å². The largest absolute Gasteiger partial charge is 0.422 e. The molecular weight excluding hydrogens is 302 g/mol. The molecule has 1 fully saturated rings. The second-order valence-electron chi connectivity index (χ2n) is 6.00. The lowest BCUT2D eigenvalue weighted by molar-refractivity contribution is -0.139. The van der Waals surface area contributed by atoms with E-state index in [1.807, 2.05) is 32.1 Å². The summed E-state index contributed by atoms with van der Waals surface area (Å²) in [7, 11) is 0. The number of ether oxygens (including phenoxy) is 1. The number of benzene rings is 2. The Bertz CT molecular complexity index is 776. The van der Waals surface area contributed by atoms with Crippen LogP contribution < -0.4 is 4.74 Å². The molecule has 2 amide bonds. The number of likely N-dealkylation sites (tertiary alicyclic amines) is 1. The number of hydrogen-bond donors (Lipinski definition) is 0. The Balaban J connectivity index is 1.69. The molecule has 0 aliphatic carbocycles. The van der Waals surface area contributed by atoms with Crippen molar-refractivity contribution in [3.05, 3.63) is 71.3 Å². The number of carbonyl (C=O) groups excluding carboxylic acids is 2. The summed E-state index contributed by atoms with van der Waals surface area (Å²) in [5, 5.41) is 0. The second kappa shape index (κ2) is 6.71. The number of aryl methyl sites for hydroxylation is 2. The lowest BCUT2D eigenvalue weighted by Crippen LogP contribution is -2.55. The van der Waals surface area contributed by atoms with Gasteiger partial charge in [0.15, 0.2) is 0 Å². The summed E-state index contributed by atoms with van der Waals surface area (Å²) < 4.78 is 5.24. The number of nitrogens with zero attached hydrogens (tertiary/aromatic N) is 1. The summed E-state index contributed by atoms with van der Waals surface area (Å²) in [5.74, 6) is 0.213. The molecule has 1 heterocycles. The lowest BCUT2D eigenvalue weighted by atomic mass is 10.0. The third-order valence-electron chi connectivity index (χ3n) is 3.88. The zero-order chi connectivity index (χ0) is 17.1. The van der Waals surface area contributed by atoms with E-state index in [-0.39, 0.29) is 11.9 Å². The monoisotopic (exact) mass is 321 g/mol. The van der Waals surface area contributed by atoms with Gasteiger partial charge in [0.05, 0.1) is 12.5 Å². The topological polar surface area (TPSA) is 46.6 Å². The maximum atomic E-state index is 12.2. The molecule has 0 N–H and O–H groups in total. The first-order chi connectivity index (χ1) is 11.5. The molecule has 122 valence electrons. The Morgan fingerprint density at radius 2 is 1.79 bits per heavy atom. The third kappa shape index (κ3) is 3.54. The molecule has 0 unspecified atom stereocenters. The summed E-state index contributed by atoms with van der Waals surface area (Å²) in [5.41, 5.74) is 3.42. The molecule has 4 heteroatoms. The highest BCUT2D eigenvalue weighted by Crippen LogP contribution is 2.24. The molecule has 3 rings (SSSR count). The number of imide groups is 1. The normalized spacial score (nSPS) is 17.0. The van der Waals surface area contributed by atoms with Crippen LogP contribution in [0, 0.1) is 13.8 Å². The van der Waals surface area contributed by atoms with Crippen LogP contribution in [0.25, 0.3) is 6.08 Å². The minimum absolute atomic E-state index is 0.217. The second-order valence-corrected chi connectivity index (χ2v) is 6.00. The van der Waals surface area contributed by atoms with Crippen LogP contribution in [0.1, 0.15) is 23.1 Å². The molecule has 1 atom stereocenters. The maximum Gasteiger partial charge on any atom is 0.422 e. The standard InChI is InChI=1S/C20H19NO3/c1-14-10-15(2)12-16(11-14)8-9-17-13-19(22)21(17)20(23)24-18-6-4-3-5-7-18/h3-12,17H,13H2,1-2H3/b9-8+/t17-/m1/s1.